The highest BCUT2D eigenvalue weighted by molar-refractivity contribution is 7.99. The summed E-state index contributed by atoms with van der Waals surface area (Å²) in [5, 5.41) is 3.59. The zero-order valence-electron chi connectivity index (χ0n) is 8.11. The molecule has 0 saturated carbocycles. The van der Waals surface area contributed by atoms with Gasteiger partial charge in [-0.3, -0.25) is 4.79 Å². The number of thioether (sulfide) groups is 1. The summed E-state index contributed by atoms with van der Waals surface area (Å²) in [5.74, 6) is 0.735. The number of hydrogen-bond donors (Lipinski definition) is 2. The molecule has 0 aliphatic carbocycles. The molecule has 0 bridgehead atoms. The second-order valence-corrected chi connectivity index (χ2v) is 4.82. The minimum Gasteiger partial charge on any atom is -0.355 e. The van der Waals surface area contributed by atoms with Gasteiger partial charge in [-0.25, -0.2) is 9.97 Å². The van der Waals surface area contributed by atoms with Crippen molar-refractivity contribution < 1.29 is 4.79 Å². The largest absolute Gasteiger partial charge is 0.355 e. The summed E-state index contributed by atoms with van der Waals surface area (Å²) in [6.07, 6.45) is 0. The van der Waals surface area contributed by atoms with Crippen LogP contribution in [0, 0.1) is 0 Å². The lowest BCUT2D eigenvalue weighted by atomic mass is 10.6. The van der Waals surface area contributed by atoms with Gasteiger partial charge in [0.15, 0.2) is 5.16 Å². The molecule has 0 radical (unpaired) electrons. The third-order valence-corrected chi connectivity index (χ3v) is 2.87. The van der Waals surface area contributed by atoms with Gasteiger partial charge in [0.2, 0.25) is 5.91 Å². The number of amides is 1. The van der Waals surface area contributed by atoms with Gasteiger partial charge in [0, 0.05) is 18.4 Å². The van der Waals surface area contributed by atoms with Crippen molar-refractivity contribution >= 4 is 53.5 Å². The van der Waals surface area contributed by atoms with Crippen molar-refractivity contribution in [3.8, 4) is 0 Å². The van der Waals surface area contributed by atoms with Gasteiger partial charge in [-0.2, -0.15) is 12.6 Å². The van der Waals surface area contributed by atoms with Crippen LogP contribution in [0.4, 0.5) is 0 Å². The number of carbonyl (C=O) groups excluding carboxylic acids is 1. The van der Waals surface area contributed by atoms with Crippen molar-refractivity contribution in [1.82, 2.24) is 15.3 Å². The Morgan fingerprint density at radius 1 is 1.44 bits per heavy atom. The van der Waals surface area contributed by atoms with Crippen molar-refractivity contribution in [2.45, 2.75) is 5.16 Å². The molecule has 1 heterocycles. The molecule has 1 aromatic heterocycles. The van der Waals surface area contributed by atoms with Crippen LogP contribution in [0.15, 0.2) is 11.2 Å². The fourth-order valence-corrected chi connectivity index (χ4v) is 2.13. The Bertz CT molecular complexity index is 358. The third-order valence-electron chi connectivity index (χ3n) is 1.41. The second-order valence-electron chi connectivity index (χ2n) is 2.66. The predicted octanol–water partition coefficient (Wildman–Crippen LogP) is 1.92. The summed E-state index contributed by atoms with van der Waals surface area (Å²) in [6.45, 7) is 0.541. The van der Waals surface area contributed by atoms with E-state index < -0.39 is 0 Å². The fourth-order valence-electron chi connectivity index (χ4n) is 0.812. The van der Waals surface area contributed by atoms with Crippen LogP contribution in [-0.2, 0) is 4.79 Å². The number of nitrogens with one attached hydrogen (secondary N) is 1. The fraction of sp³-hybridized carbons (Fsp3) is 0.375. The molecule has 0 spiro atoms. The number of nitrogens with zero attached hydrogens (tertiary/aromatic N) is 2. The molecule has 1 amide bonds. The lowest BCUT2D eigenvalue weighted by molar-refractivity contribution is -0.118. The van der Waals surface area contributed by atoms with Crippen molar-refractivity contribution in [3.63, 3.8) is 0 Å². The summed E-state index contributed by atoms with van der Waals surface area (Å²) >= 11 is 16.5. The van der Waals surface area contributed by atoms with Crippen LogP contribution in [0.1, 0.15) is 0 Å². The maximum absolute atomic E-state index is 11.3. The first kappa shape index (κ1) is 13.9. The molecule has 4 nitrogen and oxygen atoms in total. The maximum atomic E-state index is 11.3. The van der Waals surface area contributed by atoms with Crippen LogP contribution in [0.3, 0.4) is 0 Å². The molecule has 1 rings (SSSR count). The number of aromatic nitrogens is 2. The SMILES string of the molecule is O=C(CSc1nc(Cl)cc(Cl)n1)NCCS. The molecule has 0 unspecified atom stereocenters. The molecule has 0 saturated heterocycles. The average molecular weight is 298 g/mol. The highest BCUT2D eigenvalue weighted by Crippen LogP contribution is 2.18. The quantitative estimate of drug-likeness (QED) is 0.377. The van der Waals surface area contributed by atoms with E-state index in [0.717, 1.165) is 0 Å². The molecule has 0 aliphatic heterocycles. The summed E-state index contributed by atoms with van der Waals surface area (Å²) in [7, 11) is 0. The average Bonchev–Trinajstić information content (AvgIpc) is 2.22. The normalized spacial score (nSPS) is 10.2. The van der Waals surface area contributed by atoms with Gasteiger partial charge < -0.3 is 5.32 Å². The van der Waals surface area contributed by atoms with E-state index in [1.165, 1.54) is 17.8 Å². The van der Waals surface area contributed by atoms with Crippen LogP contribution in [0.2, 0.25) is 10.3 Å². The Morgan fingerprint density at radius 3 is 2.62 bits per heavy atom. The lowest BCUT2D eigenvalue weighted by Crippen LogP contribution is -2.26. The van der Waals surface area contributed by atoms with E-state index in [4.69, 9.17) is 23.2 Å². The van der Waals surface area contributed by atoms with Gasteiger partial charge in [-0.05, 0) is 0 Å². The van der Waals surface area contributed by atoms with Crippen molar-refractivity contribution in [3.05, 3.63) is 16.4 Å². The lowest BCUT2D eigenvalue weighted by Gasteiger charge is -2.02. The van der Waals surface area contributed by atoms with Crippen LogP contribution in [0.25, 0.3) is 0 Å². The van der Waals surface area contributed by atoms with Gasteiger partial charge in [0.25, 0.3) is 0 Å². The summed E-state index contributed by atoms with van der Waals surface area (Å²) < 4.78 is 0. The Balaban J connectivity index is 2.45. The van der Waals surface area contributed by atoms with Gasteiger partial charge >= 0.3 is 0 Å². The molecular formula is C8H9Cl2N3OS2. The van der Waals surface area contributed by atoms with Gasteiger partial charge in [0.05, 0.1) is 5.75 Å². The Labute approximate surface area is 113 Å². The number of carbonyl (C=O) groups is 1. The van der Waals surface area contributed by atoms with E-state index in [1.54, 1.807) is 0 Å². The topological polar surface area (TPSA) is 54.9 Å². The molecule has 0 aliphatic rings. The molecule has 1 N–H and O–H groups in total. The van der Waals surface area contributed by atoms with Crippen LogP contribution < -0.4 is 5.32 Å². The Morgan fingerprint density at radius 2 is 2.06 bits per heavy atom. The van der Waals surface area contributed by atoms with Crippen molar-refractivity contribution in [2.24, 2.45) is 0 Å². The van der Waals surface area contributed by atoms with Crippen molar-refractivity contribution in [2.75, 3.05) is 18.1 Å². The number of thiol groups is 1. The molecule has 0 atom stereocenters. The minimum absolute atomic E-state index is 0.0984. The molecule has 8 heteroatoms. The number of halogens is 2. The monoisotopic (exact) mass is 297 g/mol. The second kappa shape index (κ2) is 7.21. The Hall–Kier alpha value is -0.170. The molecule has 0 fully saturated rings. The molecule has 88 valence electrons. The zero-order valence-corrected chi connectivity index (χ0v) is 11.3. The smallest absolute Gasteiger partial charge is 0.230 e. The highest BCUT2D eigenvalue weighted by atomic mass is 35.5. The first-order valence-electron chi connectivity index (χ1n) is 4.32. The van der Waals surface area contributed by atoms with E-state index in [1.807, 2.05) is 0 Å². The molecular weight excluding hydrogens is 289 g/mol. The van der Waals surface area contributed by atoms with E-state index in [2.05, 4.69) is 27.9 Å². The summed E-state index contributed by atoms with van der Waals surface area (Å²) in [4.78, 5) is 19.1. The highest BCUT2D eigenvalue weighted by Gasteiger charge is 2.06. The van der Waals surface area contributed by atoms with E-state index in [9.17, 15) is 4.79 Å². The molecule has 1 aromatic rings. The van der Waals surface area contributed by atoms with E-state index >= 15 is 0 Å². The summed E-state index contributed by atoms with van der Waals surface area (Å²) in [5.41, 5.74) is 0. The zero-order chi connectivity index (χ0) is 12.0. The number of rotatable bonds is 5. The summed E-state index contributed by atoms with van der Waals surface area (Å²) in [6, 6.07) is 1.44. The van der Waals surface area contributed by atoms with E-state index in [0.29, 0.717) is 17.5 Å². The van der Waals surface area contributed by atoms with Gasteiger partial charge in [-0.15, -0.1) is 0 Å². The minimum atomic E-state index is -0.0984. The predicted molar refractivity (Wildman–Crippen MR) is 69.6 cm³/mol. The standard InChI is InChI=1S/C8H9Cl2N3OS2/c9-5-3-6(10)13-8(12-5)16-4-7(14)11-1-2-15/h3,15H,1-2,4H2,(H,11,14). The van der Waals surface area contributed by atoms with Gasteiger partial charge in [-0.1, -0.05) is 35.0 Å². The maximum Gasteiger partial charge on any atom is 0.230 e. The van der Waals surface area contributed by atoms with E-state index in [-0.39, 0.29) is 22.0 Å². The first-order chi connectivity index (χ1) is 7.61. The van der Waals surface area contributed by atoms with Crippen LogP contribution >= 0.6 is 47.6 Å². The van der Waals surface area contributed by atoms with Gasteiger partial charge in [0.1, 0.15) is 10.3 Å². The first-order valence-corrected chi connectivity index (χ1v) is 6.69. The Kier molecular flexibility index (Phi) is 6.26. The molecule has 0 aromatic carbocycles. The van der Waals surface area contributed by atoms with Crippen molar-refractivity contribution in [1.29, 1.82) is 0 Å². The van der Waals surface area contributed by atoms with Crippen LogP contribution in [-0.4, -0.2) is 33.9 Å². The molecule has 16 heavy (non-hydrogen) atoms. The van der Waals surface area contributed by atoms with Crippen LogP contribution in [0.5, 0.6) is 0 Å². The number of hydrogen-bond acceptors (Lipinski definition) is 5. The third kappa shape index (κ3) is 5.25.